The molecule has 3 aromatic heterocycles. The number of hydrogen-bond donors (Lipinski definition) is 0. The van der Waals surface area contributed by atoms with Gasteiger partial charge in [-0.2, -0.15) is 0 Å². The van der Waals surface area contributed by atoms with Gasteiger partial charge in [-0.1, -0.05) is 23.5 Å². The predicted octanol–water partition coefficient (Wildman–Crippen LogP) is 3.65. The number of aromatic nitrogens is 4. The summed E-state index contributed by atoms with van der Waals surface area (Å²) in [7, 11) is 0. The predicted molar refractivity (Wildman–Crippen MR) is 91.4 cm³/mol. The Morgan fingerprint density at radius 3 is 2.91 bits per heavy atom. The molecule has 0 unspecified atom stereocenters. The van der Waals surface area contributed by atoms with Gasteiger partial charge >= 0.3 is 0 Å². The summed E-state index contributed by atoms with van der Waals surface area (Å²) in [5.41, 5.74) is 3.05. The molecule has 6 heteroatoms. The lowest BCUT2D eigenvalue weighted by Gasteiger charge is -2.23. The first-order valence-electron chi connectivity index (χ1n) is 7.76. The third-order valence-corrected chi connectivity index (χ3v) is 5.03. The molecule has 0 amide bonds. The Bertz CT molecular complexity index is 802. The second-order valence-electron chi connectivity index (χ2n) is 5.66. The van der Waals surface area contributed by atoms with Crippen LogP contribution in [0.5, 0.6) is 0 Å². The van der Waals surface area contributed by atoms with E-state index in [1.54, 1.807) is 17.5 Å². The summed E-state index contributed by atoms with van der Waals surface area (Å²) < 4.78 is 0. The van der Waals surface area contributed by atoms with Gasteiger partial charge in [0.2, 0.25) is 5.13 Å². The van der Waals surface area contributed by atoms with Gasteiger partial charge in [-0.25, -0.2) is 0 Å². The number of rotatable bonds is 3. The molecule has 0 saturated carbocycles. The lowest BCUT2D eigenvalue weighted by molar-refractivity contribution is 0.687. The maximum atomic E-state index is 4.70. The summed E-state index contributed by atoms with van der Waals surface area (Å²) in [6.07, 6.45) is 4.04. The monoisotopic (exact) mass is 323 g/mol. The van der Waals surface area contributed by atoms with Gasteiger partial charge in [0.15, 0.2) is 5.01 Å². The van der Waals surface area contributed by atoms with Gasteiger partial charge in [0, 0.05) is 18.4 Å². The number of hydrogen-bond acceptors (Lipinski definition) is 6. The average Bonchev–Trinajstić information content (AvgIpc) is 3.25. The fourth-order valence-electron chi connectivity index (χ4n) is 2.98. The topological polar surface area (TPSA) is 54.8 Å². The van der Waals surface area contributed by atoms with Crippen LogP contribution in [0.4, 0.5) is 5.13 Å². The number of nitrogens with zero attached hydrogens (tertiary/aromatic N) is 5. The highest BCUT2D eigenvalue weighted by Crippen LogP contribution is 2.38. The molecule has 1 atom stereocenters. The van der Waals surface area contributed by atoms with Crippen molar-refractivity contribution in [2.45, 2.75) is 25.8 Å². The van der Waals surface area contributed by atoms with Crippen LogP contribution < -0.4 is 4.90 Å². The van der Waals surface area contributed by atoms with Crippen molar-refractivity contribution in [3.8, 4) is 10.7 Å². The Labute approximate surface area is 139 Å². The van der Waals surface area contributed by atoms with Crippen molar-refractivity contribution in [2.24, 2.45) is 0 Å². The molecule has 0 bridgehead atoms. The van der Waals surface area contributed by atoms with E-state index in [9.17, 15) is 0 Å². The molecule has 1 fully saturated rings. The van der Waals surface area contributed by atoms with Gasteiger partial charge in [0.1, 0.15) is 5.69 Å². The van der Waals surface area contributed by atoms with Crippen molar-refractivity contribution in [3.63, 3.8) is 0 Å². The summed E-state index contributed by atoms with van der Waals surface area (Å²) in [6.45, 7) is 3.03. The van der Waals surface area contributed by atoms with Crippen LogP contribution >= 0.6 is 11.3 Å². The van der Waals surface area contributed by atoms with Crippen molar-refractivity contribution in [1.29, 1.82) is 0 Å². The molecule has 116 valence electrons. The van der Waals surface area contributed by atoms with Gasteiger partial charge in [-0.05, 0) is 44.0 Å². The van der Waals surface area contributed by atoms with E-state index in [-0.39, 0.29) is 0 Å². The van der Waals surface area contributed by atoms with Gasteiger partial charge in [-0.15, -0.1) is 10.2 Å². The fraction of sp³-hybridized carbons (Fsp3) is 0.294. The van der Waals surface area contributed by atoms with Crippen LogP contribution in [0.25, 0.3) is 10.7 Å². The SMILES string of the molecule is Cc1cccc([C@H]2CCCN2c2nnc(-c3ccccn3)s2)n1. The maximum Gasteiger partial charge on any atom is 0.209 e. The molecule has 0 radical (unpaired) electrons. The molecule has 1 aliphatic rings. The summed E-state index contributed by atoms with van der Waals surface area (Å²) >= 11 is 1.60. The molecule has 0 aliphatic carbocycles. The quantitative estimate of drug-likeness (QED) is 0.736. The van der Waals surface area contributed by atoms with Gasteiger partial charge < -0.3 is 4.90 Å². The zero-order valence-corrected chi connectivity index (χ0v) is 13.7. The molecule has 3 aromatic rings. The van der Waals surface area contributed by atoms with E-state index in [4.69, 9.17) is 4.98 Å². The van der Waals surface area contributed by atoms with Crippen LogP contribution in [0.2, 0.25) is 0 Å². The Morgan fingerprint density at radius 1 is 1.13 bits per heavy atom. The van der Waals surface area contributed by atoms with E-state index < -0.39 is 0 Å². The third-order valence-electron chi connectivity index (χ3n) is 4.05. The van der Waals surface area contributed by atoms with Crippen molar-refractivity contribution in [1.82, 2.24) is 20.2 Å². The Hall–Kier alpha value is -2.34. The average molecular weight is 323 g/mol. The maximum absolute atomic E-state index is 4.70. The van der Waals surface area contributed by atoms with Crippen molar-refractivity contribution >= 4 is 16.5 Å². The molecule has 4 heterocycles. The van der Waals surface area contributed by atoms with Crippen LogP contribution in [0.1, 0.15) is 30.3 Å². The Kier molecular flexibility index (Phi) is 3.75. The molecule has 1 aliphatic heterocycles. The number of anilines is 1. The van der Waals surface area contributed by atoms with Gasteiger partial charge in [0.05, 0.1) is 11.7 Å². The molecule has 4 rings (SSSR count). The minimum atomic E-state index is 0.291. The van der Waals surface area contributed by atoms with Gasteiger partial charge in [-0.3, -0.25) is 9.97 Å². The van der Waals surface area contributed by atoms with Crippen LogP contribution in [0.15, 0.2) is 42.6 Å². The van der Waals surface area contributed by atoms with Crippen LogP contribution in [-0.2, 0) is 0 Å². The second kappa shape index (κ2) is 6.04. The first-order chi connectivity index (χ1) is 11.3. The Morgan fingerprint density at radius 2 is 2.09 bits per heavy atom. The highest BCUT2D eigenvalue weighted by Gasteiger charge is 2.29. The summed E-state index contributed by atoms with van der Waals surface area (Å²) in [5, 5.41) is 10.5. The zero-order valence-electron chi connectivity index (χ0n) is 12.9. The van der Waals surface area contributed by atoms with Crippen LogP contribution in [0, 0.1) is 6.92 Å². The van der Waals surface area contributed by atoms with Crippen molar-refractivity contribution < 1.29 is 0 Å². The molecule has 0 N–H and O–H groups in total. The highest BCUT2D eigenvalue weighted by atomic mass is 32.1. The smallest absolute Gasteiger partial charge is 0.209 e. The van der Waals surface area contributed by atoms with Crippen LogP contribution in [0.3, 0.4) is 0 Å². The molecule has 23 heavy (non-hydrogen) atoms. The zero-order chi connectivity index (χ0) is 15.6. The highest BCUT2D eigenvalue weighted by molar-refractivity contribution is 7.18. The van der Waals surface area contributed by atoms with E-state index >= 15 is 0 Å². The van der Waals surface area contributed by atoms with E-state index in [0.29, 0.717) is 6.04 Å². The van der Waals surface area contributed by atoms with Crippen molar-refractivity contribution in [3.05, 3.63) is 54.0 Å². The van der Waals surface area contributed by atoms with Gasteiger partial charge in [0.25, 0.3) is 0 Å². The largest absolute Gasteiger partial charge is 0.338 e. The summed E-state index contributed by atoms with van der Waals surface area (Å²) in [6, 6.07) is 12.4. The molecule has 5 nitrogen and oxygen atoms in total. The minimum absolute atomic E-state index is 0.291. The van der Waals surface area contributed by atoms with E-state index in [0.717, 1.165) is 46.6 Å². The number of pyridine rings is 2. The molecule has 0 aromatic carbocycles. The molecule has 1 saturated heterocycles. The Balaban J connectivity index is 1.63. The number of aryl methyl sites for hydroxylation is 1. The lowest BCUT2D eigenvalue weighted by atomic mass is 10.1. The second-order valence-corrected chi connectivity index (χ2v) is 6.62. The molecular weight excluding hydrogens is 306 g/mol. The normalized spacial score (nSPS) is 17.6. The molecular formula is C17H17N5S. The summed E-state index contributed by atoms with van der Waals surface area (Å²) in [4.78, 5) is 11.4. The van der Waals surface area contributed by atoms with Crippen LogP contribution in [-0.4, -0.2) is 26.7 Å². The first-order valence-corrected chi connectivity index (χ1v) is 8.58. The van der Waals surface area contributed by atoms with E-state index in [1.807, 2.05) is 31.2 Å². The van der Waals surface area contributed by atoms with E-state index in [1.165, 1.54) is 0 Å². The lowest BCUT2D eigenvalue weighted by Crippen LogP contribution is -2.23. The van der Waals surface area contributed by atoms with Crippen molar-refractivity contribution in [2.75, 3.05) is 11.4 Å². The fourth-order valence-corrected chi connectivity index (χ4v) is 3.87. The first kappa shape index (κ1) is 14.3. The standard InChI is InChI=1S/C17H17N5S/c1-12-6-4-8-13(19-12)15-9-5-11-22(15)17-21-20-16(23-17)14-7-2-3-10-18-14/h2-4,6-8,10,15H,5,9,11H2,1H3/t15-/m1/s1. The third kappa shape index (κ3) is 2.82. The summed E-state index contributed by atoms with van der Waals surface area (Å²) in [5.74, 6) is 0. The molecule has 0 spiro atoms. The van der Waals surface area contributed by atoms with E-state index in [2.05, 4.69) is 32.2 Å². The minimum Gasteiger partial charge on any atom is -0.338 e.